The van der Waals surface area contributed by atoms with Crippen LogP contribution in [0.4, 0.5) is 20.4 Å². The fraction of sp³-hybridized carbons (Fsp3) is 0.250. The zero-order valence-corrected chi connectivity index (χ0v) is 16.1. The van der Waals surface area contributed by atoms with Crippen molar-refractivity contribution in [2.24, 2.45) is 0 Å². The van der Waals surface area contributed by atoms with Gasteiger partial charge < -0.3 is 20.1 Å². The molecule has 1 aromatic heterocycles. The molecule has 4 rings (SSSR count). The molecule has 3 aromatic rings. The van der Waals surface area contributed by atoms with Gasteiger partial charge in [0.25, 0.3) is 0 Å². The van der Waals surface area contributed by atoms with Gasteiger partial charge in [-0.3, -0.25) is 4.79 Å². The highest BCUT2D eigenvalue weighted by atomic mass is 19.2. The van der Waals surface area contributed by atoms with E-state index in [-0.39, 0.29) is 18.3 Å². The summed E-state index contributed by atoms with van der Waals surface area (Å²) in [5.41, 5.74) is 0.961. The molecule has 1 aliphatic rings. The number of anilines is 2. The first-order valence-electron chi connectivity index (χ1n) is 9.32. The van der Waals surface area contributed by atoms with E-state index >= 15 is 0 Å². The highest BCUT2D eigenvalue weighted by Gasteiger charge is 2.17. The molecule has 0 radical (unpaired) electrons. The van der Waals surface area contributed by atoms with Gasteiger partial charge in [0.15, 0.2) is 23.1 Å². The molecule has 0 saturated carbocycles. The quantitative estimate of drug-likeness (QED) is 0.644. The highest BCUT2D eigenvalue weighted by molar-refractivity contribution is 5.75. The lowest BCUT2D eigenvalue weighted by atomic mass is 10.2. The number of halogens is 2. The Morgan fingerprint density at radius 3 is 2.67 bits per heavy atom. The number of hydrogen-bond donors (Lipinski definition) is 2. The van der Waals surface area contributed by atoms with Crippen LogP contribution < -0.4 is 20.1 Å². The summed E-state index contributed by atoms with van der Waals surface area (Å²) in [6.07, 6.45) is 0.533. The van der Waals surface area contributed by atoms with Crippen LogP contribution in [0.15, 0.2) is 36.4 Å². The number of nitrogens with zero attached hydrogens (tertiary/aromatic N) is 3. The number of nitrogens with one attached hydrogen (secondary N) is 2. The molecule has 0 bridgehead atoms. The van der Waals surface area contributed by atoms with Gasteiger partial charge in [-0.1, -0.05) is 0 Å². The van der Waals surface area contributed by atoms with Gasteiger partial charge in [0.2, 0.25) is 11.9 Å². The van der Waals surface area contributed by atoms with Crippen molar-refractivity contribution in [3.05, 3.63) is 53.9 Å². The van der Waals surface area contributed by atoms with Crippen molar-refractivity contribution in [3.8, 4) is 17.2 Å². The molecule has 1 aliphatic heterocycles. The third-order valence-corrected chi connectivity index (χ3v) is 4.47. The van der Waals surface area contributed by atoms with E-state index in [1.165, 1.54) is 6.07 Å². The molecular weight excluding hydrogens is 396 g/mol. The number of aryl methyl sites for hydroxylation is 1. The van der Waals surface area contributed by atoms with Crippen LogP contribution in [0, 0.1) is 11.6 Å². The fourth-order valence-corrected chi connectivity index (χ4v) is 2.98. The minimum Gasteiger partial charge on any atom is -0.486 e. The lowest BCUT2D eigenvalue weighted by molar-refractivity contribution is -0.120. The molecule has 0 spiro atoms. The maximum absolute atomic E-state index is 13.5. The van der Waals surface area contributed by atoms with E-state index in [4.69, 9.17) is 9.47 Å². The monoisotopic (exact) mass is 415 g/mol. The van der Waals surface area contributed by atoms with Gasteiger partial charge in [0.1, 0.15) is 19.0 Å². The Morgan fingerprint density at radius 1 is 1.10 bits per heavy atom. The van der Waals surface area contributed by atoms with Gasteiger partial charge in [-0.25, -0.2) is 13.5 Å². The summed E-state index contributed by atoms with van der Waals surface area (Å²) >= 11 is 0. The summed E-state index contributed by atoms with van der Waals surface area (Å²) in [6.45, 7) is 0.926. The van der Waals surface area contributed by atoms with Crippen LogP contribution in [-0.2, 0) is 11.2 Å². The summed E-state index contributed by atoms with van der Waals surface area (Å²) in [5, 5.41) is 9.86. The molecule has 1 amide bonds. The maximum Gasteiger partial charge on any atom is 0.247 e. The third-order valence-electron chi connectivity index (χ3n) is 4.47. The van der Waals surface area contributed by atoms with Crippen molar-refractivity contribution in [1.29, 1.82) is 0 Å². The Kier molecular flexibility index (Phi) is 5.46. The van der Waals surface area contributed by atoms with Crippen LogP contribution in [0.2, 0.25) is 0 Å². The zero-order chi connectivity index (χ0) is 21.1. The Bertz CT molecular complexity index is 1090. The molecule has 0 atom stereocenters. The van der Waals surface area contributed by atoms with E-state index in [0.717, 1.165) is 12.1 Å². The van der Waals surface area contributed by atoms with Crippen LogP contribution in [0.25, 0.3) is 5.69 Å². The molecule has 10 heteroatoms. The smallest absolute Gasteiger partial charge is 0.247 e. The van der Waals surface area contributed by atoms with Crippen molar-refractivity contribution in [1.82, 2.24) is 20.1 Å². The normalized spacial score (nSPS) is 12.5. The Hall–Kier alpha value is -3.69. The highest BCUT2D eigenvalue weighted by Crippen LogP contribution is 2.32. The van der Waals surface area contributed by atoms with Crippen LogP contribution in [-0.4, -0.2) is 40.9 Å². The number of carbonyl (C=O) groups excluding carboxylic acids is 1. The van der Waals surface area contributed by atoms with Gasteiger partial charge >= 0.3 is 0 Å². The van der Waals surface area contributed by atoms with E-state index in [9.17, 15) is 13.6 Å². The Morgan fingerprint density at radius 2 is 1.90 bits per heavy atom. The summed E-state index contributed by atoms with van der Waals surface area (Å²) in [5.74, 6) is -0.142. The average molecular weight is 415 g/mol. The van der Waals surface area contributed by atoms with Crippen molar-refractivity contribution in [2.75, 3.05) is 25.6 Å². The third kappa shape index (κ3) is 4.17. The molecule has 2 heterocycles. The van der Waals surface area contributed by atoms with Gasteiger partial charge in [0.05, 0.1) is 5.69 Å². The number of benzene rings is 2. The van der Waals surface area contributed by atoms with Gasteiger partial charge in [-0.2, -0.15) is 4.98 Å². The molecule has 0 aliphatic carbocycles. The lowest BCUT2D eigenvalue weighted by Crippen LogP contribution is -2.19. The summed E-state index contributed by atoms with van der Waals surface area (Å²) in [6, 6.07) is 8.76. The van der Waals surface area contributed by atoms with Crippen LogP contribution in [0.1, 0.15) is 12.2 Å². The number of rotatable bonds is 6. The minimum atomic E-state index is -0.980. The predicted octanol–water partition coefficient (Wildman–Crippen LogP) is 2.74. The molecule has 156 valence electrons. The fourth-order valence-electron chi connectivity index (χ4n) is 2.98. The Balaban J connectivity index is 1.66. The second-order valence-electron chi connectivity index (χ2n) is 6.52. The van der Waals surface area contributed by atoms with Crippen LogP contribution in [0.5, 0.6) is 11.5 Å². The number of fused-ring (bicyclic) bond motifs is 1. The average Bonchev–Trinajstić information content (AvgIpc) is 3.16. The zero-order valence-electron chi connectivity index (χ0n) is 16.1. The number of amides is 1. The van der Waals surface area contributed by atoms with Crippen LogP contribution in [0.3, 0.4) is 0 Å². The van der Waals surface area contributed by atoms with Crippen molar-refractivity contribution < 1.29 is 23.0 Å². The van der Waals surface area contributed by atoms with E-state index in [0.29, 0.717) is 48.3 Å². The first kappa shape index (κ1) is 19.6. The second-order valence-corrected chi connectivity index (χ2v) is 6.52. The largest absolute Gasteiger partial charge is 0.486 e. The number of aromatic nitrogens is 3. The summed E-state index contributed by atoms with van der Waals surface area (Å²) in [7, 11) is 1.56. The first-order chi connectivity index (χ1) is 14.5. The topological polar surface area (TPSA) is 90.3 Å². The predicted molar refractivity (Wildman–Crippen MR) is 104 cm³/mol. The van der Waals surface area contributed by atoms with Crippen molar-refractivity contribution in [2.45, 2.75) is 12.8 Å². The van der Waals surface area contributed by atoms with E-state index < -0.39 is 11.6 Å². The molecule has 8 nitrogen and oxygen atoms in total. The SMILES string of the molecule is CNC(=O)CCc1nc(Nc2ccc(F)c(F)c2)nn1-c1ccc2c(c1)OCCO2. The summed E-state index contributed by atoms with van der Waals surface area (Å²) in [4.78, 5) is 16.1. The van der Waals surface area contributed by atoms with Gasteiger partial charge in [-0.15, -0.1) is 5.10 Å². The van der Waals surface area contributed by atoms with Crippen molar-refractivity contribution in [3.63, 3.8) is 0 Å². The van der Waals surface area contributed by atoms with E-state index in [1.807, 2.05) is 0 Å². The van der Waals surface area contributed by atoms with Gasteiger partial charge in [-0.05, 0) is 24.3 Å². The molecule has 0 fully saturated rings. The molecule has 2 aromatic carbocycles. The summed E-state index contributed by atoms with van der Waals surface area (Å²) < 4.78 is 39.4. The van der Waals surface area contributed by atoms with E-state index in [1.54, 1.807) is 29.9 Å². The molecular formula is C20H19F2N5O3. The number of ether oxygens (including phenoxy) is 2. The second kappa shape index (κ2) is 8.36. The molecule has 0 saturated heterocycles. The molecule has 2 N–H and O–H groups in total. The van der Waals surface area contributed by atoms with Crippen molar-refractivity contribution >= 4 is 17.5 Å². The Labute approximate surface area is 170 Å². The number of hydrogen-bond acceptors (Lipinski definition) is 6. The maximum atomic E-state index is 13.5. The number of carbonyl (C=O) groups is 1. The lowest BCUT2D eigenvalue weighted by Gasteiger charge is -2.19. The first-order valence-corrected chi connectivity index (χ1v) is 9.32. The standard InChI is InChI=1S/C20H19F2N5O3/c1-23-19(28)7-6-18-25-20(24-12-2-4-14(21)15(22)10-12)26-27(18)13-3-5-16-17(11-13)30-9-8-29-16/h2-5,10-11H,6-9H2,1H3,(H,23,28)(H,24,26). The molecule has 0 unspecified atom stereocenters. The minimum absolute atomic E-state index is 0.137. The van der Waals surface area contributed by atoms with E-state index in [2.05, 4.69) is 20.7 Å². The molecule has 30 heavy (non-hydrogen) atoms. The van der Waals surface area contributed by atoms with Gasteiger partial charge in [0, 0.05) is 37.7 Å². The van der Waals surface area contributed by atoms with Crippen LogP contribution >= 0.6 is 0 Å².